The van der Waals surface area contributed by atoms with Crippen LogP contribution in [0.4, 0.5) is 5.69 Å². The molecular weight excluding hydrogens is 348 g/mol. The molecule has 2 rings (SSSR count). The highest BCUT2D eigenvalue weighted by Crippen LogP contribution is 2.27. The SMILES string of the molecule is CNC(=O)c1ccccc1NS(=O)(=O)c1cc(C(=O)O)c(O)cc1C. The summed E-state index contributed by atoms with van der Waals surface area (Å²) >= 11 is 0. The lowest BCUT2D eigenvalue weighted by molar-refractivity contribution is 0.0693. The molecule has 1 amide bonds. The van der Waals surface area contributed by atoms with Crippen LogP contribution in [0.1, 0.15) is 26.3 Å². The molecule has 0 spiro atoms. The molecule has 2 aromatic carbocycles. The van der Waals surface area contributed by atoms with Crippen molar-refractivity contribution in [1.82, 2.24) is 5.32 Å². The van der Waals surface area contributed by atoms with Gasteiger partial charge in [-0.25, -0.2) is 13.2 Å². The van der Waals surface area contributed by atoms with Gasteiger partial charge in [0, 0.05) is 7.05 Å². The summed E-state index contributed by atoms with van der Waals surface area (Å²) < 4.78 is 27.6. The third-order valence-corrected chi connectivity index (χ3v) is 4.96. The molecule has 132 valence electrons. The summed E-state index contributed by atoms with van der Waals surface area (Å²) in [4.78, 5) is 22.7. The minimum Gasteiger partial charge on any atom is -0.507 e. The van der Waals surface area contributed by atoms with Crippen LogP contribution in [-0.4, -0.2) is 37.6 Å². The van der Waals surface area contributed by atoms with Crippen molar-refractivity contribution < 1.29 is 28.2 Å². The van der Waals surface area contributed by atoms with E-state index in [1.165, 1.54) is 26.1 Å². The standard InChI is InChI=1S/C16H16N2O6S/c1-9-7-13(19)11(16(21)22)8-14(9)25(23,24)18-12-6-4-3-5-10(12)15(20)17-2/h3-8,18-19H,1-2H3,(H,17,20)(H,21,22). The van der Waals surface area contributed by atoms with E-state index < -0.39 is 33.2 Å². The summed E-state index contributed by atoms with van der Waals surface area (Å²) in [5.41, 5.74) is -0.215. The van der Waals surface area contributed by atoms with E-state index >= 15 is 0 Å². The topological polar surface area (TPSA) is 133 Å². The third kappa shape index (κ3) is 3.72. The molecule has 0 atom stereocenters. The number of benzene rings is 2. The number of carboxylic acids is 1. The van der Waals surface area contributed by atoms with Gasteiger partial charge in [0.05, 0.1) is 16.1 Å². The summed E-state index contributed by atoms with van der Waals surface area (Å²) in [6.07, 6.45) is 0. The van der Waals surface area contributed by atoms with Crippen molar-refractivity contribution in [3.05, 3.63) is 53.1 Å². The zero-order chi connectivity index (χ0) is 18.8. The lowest BCUT2D eigenvalue weighted by Crippen LogP contribution is -2.22. The number of aryl methyl sites for hydroxylation is 1. The van der Waals surface area contributed by atoms with Crippen molar-refractivity contribution in [1.29, 1.82) is 0 Å². The van der Waals surface area contributed by atoms with Crippen molar-refractivity contribution in [2.24, 2.45) is 0 Å². The van der Waals surface area contributed by atoms with Crippen LogP contribution in [0, 0.1) is 6.92 Å². The smallest absolute Gasteiger partial charge is 0.339 e. The van der Waals surface area contributed by atoms with Crippen LogP contribution in [-0.2, 0) is 10.0 Å². The number of sulfonamides is 1. The van der Waals surface area contributed by atoms with E-state index in [2.05, 4.69) is 10.0 Å². The van der Waals surface area contributed by atoms with E-state index in [1.807, 2.05) is 0 Å². The highest BCUT2D eigenvalue weighted by Gasteiger charge is 2.23. The molecule has 8 nitrogen and oxygen atoms in total. The molecule has 0 aliphatic carbocycles. The number of rotatable bonds is 5. The van der Waals surface area contributed by atoms with Crippen LogP contribution >= 0.6 is 0 Å². The van der Waals surface area contributed by atoms with E-state index in [-0.39, 0.29) is 21.7 Å². The Morgan fingerprint density at radius 3 is 2.32 bits per heavy atom. The molecule has 0 saturated heterocycles. The maximum absolute atomic E-state index is 12.7. The minimum atomic E-state index is -4.19. The summed E-state index contributed by atoms with van der Waals surface area (Å²) in [5, 5.41) is 21.1. The number of phenols is 1. The van der Waals surface area contributed by atoms with Crippen LogP contribution in [0.5, 0.6) is 5.75 Å². The Balaban J connectivity index is 2.53. The van der Waals surface area contributed by atoms with Gasteiger partial charge in [0.15, 0.2) is 0 Å². The Bertz CT molecular complexity index is 953. The highest BCUT2D eigenvalue weighted by atomic mass is 32.2. The van der Waals surface area contributed by atoms with Crippen LogP contribution in [0.2, 0.25) is 0 Å². The second kappa shape index (κ2) is 6.81. The summed E-state index contributed by atoms with van der Waals surface area (Å²) in [5.74, 6) is -2.47. The normalized spacial score (nSPS) is 11.0. The summed E-state index contributed by atoms with van der Waals surface area (Å²) in [7, 11) is -2.77. The van der Waals surface area contributed by atoms with Crippen molar-refractivity contribution in [2.45, 2.75) is 11.8 Å². The second-order valence-corrected chi connectivity index (χ2v) is 6.82. The predicted octanol–water partition coefficient (Wildman–Crippen LogP) is 1.56. The first-order valence-corrected chi connectivity index (χ1v) is 8.56. The molecule has 0 fully saturated rings. The predicted molar refractivity (Wildman–Crippen MR) is 90.4 cm³/mol. The van der Waals surface area contributed by atoms with E-state index in [4.69, 9.17) is 5.11 Å². The Hall–Kier alpha value is -3.07. The molecule has 0 unspecified atom stereocenters. The van der Waals surface area contributed by atoms with Gasteiger partial charge in [-0.2, -0.15) is 0 Å². The first-order valence-electron chi connectivity index (χ1n) is 7.08. The minimum absolute atomic E-state index is 0.0474. The molecule has 4 N–H and O–H groups in total. The number of aromatic hydroxyl groups is 1. The lowest BCUT2D eigenvalue weighted by atomic mass is 10.1. The van der Waals surface area contributed by atoms with E-state index in [9.17, 15) is 23.1 Å². The zero-order valence-corrected chi connectivity index (χ0v) is 14.2. The summed E-state index contributed by atoms with van der Waals surface area (Å²) in [6, 6.07) is 7.92. The monoisotopic (exact) mass is 364 g/mol. The number of hydrogen-bond donors (Lipinski definition) is 4. The van der Waals surface area contributed by atoms with Crippen LogP contribution < -0.4 is 10.0 Å². The van der Waals surface area contributed by atoms with Crippen molar-refractivity contribution >= 4 is 27.6 Å². The Kier molecular flexibility index (Phi) is 4.98. The largest absolute Gasteiger partial charge is 0.507 e. The van der Waals surface area contributed by atoms with E-state index in [0.29, 0.717) is 0 Å². The first-order chi connectivity index (χ1) is 11.7. The van der Waals surface area contributed by atoms with Crippen LogP contribution in [0.25, 0.3) is 0 Å². The number of amides is 1. The number of carboxylic acid groups (broad SMARTS) is 1. The maximum atomic E-state index is 12.7. The fourth-order valence-electron chi connectivity index (χ4n) is 2.24. The van der Waals surface area contributed by atoms with E-state index in [0.717, 1.165) is 12.1 Å². The molecule has 0 saturated carbocycles. The van der Waals surface area contributed by atoms with Crippen LogP contribution in [0.15, 0.2) is 41.3 Å². The van der Waals surface area contributed by atoms with Gasteiger partial charge in [0.2, 0.25) is 0 Å². The Morgan fingerprint density at radius 2 is 1.72 bits per heavy atom. The molecule has 0 radical (unpaired) electrons. The molecule has 0 aromatic heterocycles. The number of nitrogens with one attached hydrogen (secondary N) is 2. The van der Waals surface area contributed by atoms with Crippen LogP contribution in [0.3, 0.4) is 0 Å². The Labute approximate surface area is 144 Å². The number of para-hydroxylation sites is 1. The van der Waals surface area contributed by atoms with Gasteiger partial charge in [-0.05, 0) is 36.8 Å². The molecular formula is C16H16N2O6S. The van der Waals surface area contributed by atoms with Gasteiger partial charge < -0.3 is 15.5 Å². The Morgan fingerprint density at radius 1 is 1.08 bits per heavy atom. The number of anilines is 1. The number of hydrogen-bond acceptors (Lipinski definition) is 5. The van der Waals surface area contributed by atoms with Crippen molar-refractivity contribution in [2.75, 3.05) is 11.8 Å². The third-order valence-electron chi connectivity index (χ3n) is 3.46. The highest BCUT2D eigenvalue weighted by molar-refractivity contribution is 7.92. The number of carbonyl (C=O) groups excluding carboxylic acids is 1. The number of aromatic carboxylic acids is 1. The van der Waals surface area contributed by atoms with Gasteiger partial charge in [-0.3, -0.25) is 9.52 Å². The second-order valence-electron chi connectivity index (χ2n) is 5.17. The lowest BCUT2D eigenvalue weighted by Gasteiger charge is -2.14. The maximum Gasteiger partial charge on any atom is 0.339 e. The van der Waals surface area contributed by atoms with Crippen molar-refractivity contribution in [3.63, 3.8) is 0 Å². The van der Waals surface area contributed by atoms with Crippen molar-refractivity contribution in [3.8, 4) is 5.75 Å². The van der Waals surface area contributed by atoms with Gasteiger partial charge in [-0.15, -0.1) is 0 Å². The van der Waals surface area contributed by atoms with Gasteiger partial charge in [0.1, 0.15) is 11.3 Å². The molecule has 0 bridgehead atoms. The van der Waals surface area contributed by atoms with Gasteiger partial charge in [-0.1, -0.05) is 12.1 Å². The molecule has 0 aliphatic heterocycles. The average Bonchev–Trinajstić information content (AvgIpc) is 2.53. The average molecular weight is 364 g/mol. The molecule has 0 heterocycles. The fraction of sp³-hybridized carbons (Fsp3) is 0.125. The quantitative estimate of drug-likeness (QED) is 0.636. The molecule has 9 heteroatoms. The zero-order valence-electron chi connectivity index (χ0n) is 13.4. The summed E-state index contributed by atoms with van der Waals surface area (Å²) in [6.45, 7) is 1.42. The van der Waals surface area contributed by atoms with Gasteiger partial charge >= 0.3 is 5.97 Å². The van der Waals surface area contributed by atoms with Gasteiger partial charge in [0.25, 0.3) is 15.9 Å². The molecule has 2 aromatic rings. The van der Waals surface area contributed by atoms with E-state index in [1.54, 1.807) is 12.1 Å². The first kappa shape index (κ1) is 18.3. The molecule has 0 aliphatic rings. The fourth-order valence-corrected chi connectivity index (χ4v) is 3.57. The number of carbonyl (C=O) groups is 2. The molecule has 25 heavy (non-hydrogen) atoms.